The molecular formula is C7H13NO3. The number of carbonyl (C=O) groups is 1. The second-order valence-corrected chi connectivity index (χ2v) is 2.82. The first-order valence-corrected chi connectivity index (χ1v) is 3.66. The van der Waals surface area contributed by atoms with Crippen molar-refractivity contribution >= 4 is 5.97 Å². The fourth-order valence-electron chi connectivity index (χ4n) is 1.17. The van der Waals surface area contributed by atoms with Crippen LogP contribution in [0.1, 0.15) is 0 Å². The zero-order valence-electron chi connectivity index (χ0n) is 6.62. The highest BCUT2D eigenvalue weighted by atomic mass is 16.5. The Morgan fingerprint density at radius 3 is 2.82 bits per heavy atom. The van der Waals surface area contributed by atoms with E-state index in [9.17, 15) is 4.79 Å². The van der Waals surface area contributed by atoms with Crippen LogP contribution in [0.4, 0.5) is 0 Å². The van der Waals surface area contributed by atoms with Crippen molar-refractivity contribution in [3.05, 3.63) is 0 Å². The molecule has 1 fully saturated rings. The summed E-state index contributed by atoms with van der Waals surface area (Å²) in [6.07, 6.45) is 0. The van der Waals surface area contributed by atoms with Crippen LogP contribution in [0.2, 0.25) is 0 Å². The molecule has 0 atom stereocenters. The summed E-state index contributed by atoms with van der Waals surface area (Å²) in [5.41, 5.74) is 0. The quantitative estimate of drug-likeness (QED) is 0.541. The fourth-order valence-corrected chi connectivity index (χ4v) is 1.17. The van der Waals surface area contributed by atoms with Crippen LogP contribution in [-0.4, -0.2) is 49.3 Å². The maximum atomic E-state index is 10.7. The molecule has 1 aliphatic rings. The summed E-state index contributed by atoms with van der Waals surface area (Å²) in [5, 5.41) is 8.65. The van der Waals surface area contributed by atoms with Crippen LogP contribution in [0.3, 0.4) is 0 Å². The summed E-state index contributed by atoms with van der Waals surface area (Å²) >= 11 is 0. The van der Waals surface area contributed by atoms with E-state index in [0.29, 0.717) is 12.5 Å². The van der Waals surface area contributed by atoms with Gasteiger partial charge in [0.25, 0.3) is 0 Å². The Kier molecular flexibility index (Phi) is 2.84. The van der Waals surface area contributed by atoms with E-state index in [1.54, 1.807) is 0 Å². The minimum absolute atomic E-state index is 0.207. The van der Waals surface area contributed by atoms with Gasteiger partial charge >= 0.3 is 5.97 Å². The molecule has 0 aromatic heterocycles. The molecule has 64 valence electrons. The molecule has 0 aliphatic carbocycles. The smallest absolute Gasteiger partial charge is 0.319 e. The van der Waals surface area contributed by atoms with E-state index < -0.39 is 0 Å². The first-order valence-electron chi connectivity index (χ1n) is 3.66. The van der Waals surface area contributed by atoms with Gasteiger partial charge in [-0.2, -0.15) is 0 Å². The Bertz CT molecular complexity index is 143. The second-order valence-electron chi connectivity index (χ2n) is 2.82. The summed E-state index contributed by atoms with van der Waals surface area (Å²) < 4.78 is 4.48. The van der Waals surface area contributed by atoms with Crippen LogP contribution in [0.25, 0.3) is 0 Å². The van der Waals surface area contributed by atoms with Crippen molar-refractivity contribution in [2.75, 3.05) is 33.4 Å². The largest absolute Gasteiger partial charge is 0.468 e. The zero-order valence-corrected chi connectivity index (χ0v) is 6.62. The van der Waals surface area contributed by atoms with E-state index in [4.69, 9.17) is 5.11 Å². The number of aliphatic hydroxyl groups excluding tert-OH is 1. The third-order valence-electron chi connectivity index (χ3n) is 1.87. The third-order valence-corrected chi connectivity index (χ3v) is 1.87. The lowest BCUT2D eigenvalue weighted by Crippen LogP contribution is -2.50. The highest BCUT2D eigenvalue weighted by Gasteiger charge is 2.27. The molecule has 0 bridgehead atoms. The van der Waals surface area contributed by atoms with Gasteiger partial charge in [0.05, 0.1) is 13.7 Å². The molecule has 1 heterocycles. The van der Waals surface area contributed by atoms with Crippen LogP contribution >= 0.6 is 0 Å². The molecule has 0 saturated carbocycles. The van der Waals surface area contributed by atoms with Crippen molar-refractivity contribution in [1.82, 2.24) is 4.90 Å². The molecule has 0 amide bonds. The normalized spacial score (nSPS) is 19.5. The molecule has 4 heteroatoms. The van der Waals surface area contributed by atoms with Gasteiger partial charge in [0.2, 0.25) is 0 Å². The predicted octanol–water partition coefficient (Wildman–Crippen LogP) is -0.917. The lowest BCUT2D eigenvalue weighted by atomic mass is 10.0. The molecular weight excluding hydrogens is 146 g/mol. The summed E-state index contributed by atoms with van der Waals surface area (Å²) in [6, 6.07) is 0. The molecule has 1 N–H and O–H groups in total. The molecule has 11 heavy (non-hydrogen) atoms. The number of rotatable bonds is 3. The summed E-state index contributed by atoms with van der Waals surface area (Å²) in [4.78, 5) is 12.6. The summed E-state index contributed by atoms with van der Waals surface area (Å²) in [6.45, 7) is 2.20. The van der Waals surface area contributed by atoms with E-state index in [-0.39, 0.29) is 12.6 Å². The van der Waals surface area contributed by atoms with Crippen LogP contribution < -0.4 is 0 Å². The number of methoxy groups -OCH3 is 1. The van der Waals surface area contributed by atoms with Crippen molar-refractivity contribution in [1.29, 1.82) is 0 Å². The van der Waals surface area contributed by atoms with Gasteiger partial charge in [-0.05, 0) is 0 Å². The van der Waals surface area contributed by atoms with Crippen molar-refractivity contribution < 1.29 is 14.6 Å². The molecule has 0 unspecified atom stereocenters. The Labute approximate surface area is 65.8 Å². The van der Waals surface area contributed by atoms with Gasteiger partial charge < -0.3 is 9.84 Å². The van der Waals surface area contributed by atoms with Crippen LogP contribution in [-0.2, 0) is 9.53 Å². The number of aliphatic hydroxyl groups is 1. The lowest BCUT2D eigenvalue weighted by molar-refractivity contribution is -0.143. The Balaban J connectivity index is 2.08. The second kappa shape index (κ2) is 3.69. The van der Waals surface area contributed by atoms with E-state index >= 15 is 0 Å². The average Bonchev–Trinajstić information content (AvgIpc) is 1.95. The molecule has 1 rings (SSSR count). The van der Waals surface area contributed by atoms with Crippen molar-refractivity contribution in [3.8, 4) is 0 Å². The molecule has 0 spiro atoms. The van der Waals surface area contributed by atoms with Gasteiger partial charge in [0.1, 0.15) is 0 Å². The first-order chi connectivity index (χ1) is 5.26. The number of hydrogen-bond acceptors (Lipinski definition) is 4. The lowest BCUT2D eigenvalue weighted by Gasteiger charge is -2.37. The van der Waals surface area contributed by atoms with Crippen molar-refractivity contribution in [2.24, 2.45) is 5.92 Å². The molecule has 1 saturated heterocycles. The number of nitrogens with zero attached hydrogens (tertiary/aromatic N) is 1. The SMILES string of the molecule is COC(=O)CN1CC(CO)C1. The van der Waals surface area contributed by atoms with Gasteiger partial charge in [-0.15, -0.1) is 0 Å². The minimum Gasteiger partial charge on any atom is -0.468 e. The minimum atomic E-state index is -0.207. The molecule has 0 aromatic rings. The Morgan fingerprint density at radius 2 is 2.36 bits per heavy atom. The maximum absolute atomic E-state index is 10.7. The standard InChI is InChI=1S/C7H13NO3/c1-11-7(10)4-8-2-6(3-8)5-9/h6,9H,2-5H2,1H3. The Morgan fingerprint density at radius 1 is 1.73 bits per heavy atom. The molecule has 4 nitrogen and oxygen atoms in total. The number of likely N-dealkylation sites (tertiary alicyclic amines) is 1. The van der Waals surface area contributed by atoms with Crippen LogP contribution in [0.15, 0.2) is 0 Å². The Hall–Kier alpha value is -0.610. The van der Waals surface area contributed by atoms with Gasteiger partial charge in [0, 0.05) is 25.6 Å². The van der Waals surface area contributed by atoms with E-state index in [2.05, 4.69) is 4.74 Å². The topological polar surface area (TPSA) is 49.8 Å². The number of carbonyl (C=O) groups excluding carboxylic acids is 1. The number of hydrogen-bond donors (Lipinski definition) is 1. The monoisotopic (exact) mass is 159 g/mol. The highest BCUT2D eigenvalue weighted by molar-refractivity contribution is 5.71. The van der Waals surface area contributed by atoms with Gasteiger partial charge in [-0.1, -0.05) is 0 Å². The maximum Gasteiger partial charge on any atom is 0.319 e. The van der Waals surface area contributed by atoms with E-state index in [0.717, 1.165) is 13.1 Å². The fraction of sp³-hybridized carbons (Fsp3) is 0.857. The highest BCUT2D eigenvalue weighted by Crippen LogP contribution is 2.13. The average molecular weight is 159 g/mol. The third kappa shape index (κ3) is 2.17. The first kappa shape index (κ1) is 8.49. The van der Waals surface area contributed by atoms with Gasteiger partial charge in [-0.3, -0.25) is 9.69 Å². The summed E-state index contributed by atoms with van der Waals surface area (Å²) in [5.74, 6) is 0.154. The van der Waals surface area contributed by atoms with Crippen molar-refractivity contribution in [3.63, 3.8) is 0 Å². The number of esters is 1. The molecule has 0 radical (unpaired) electrons. The summed E-state index contributed by atoms with van der Waals surface area (Å²) in [7, 11) is 1.38. The van der Waals surface area contributed by atoms with Crippen LogP contribution in [0, 0.1) is 5.92 Å². The zero-order chi connectivity index (χ0) is 8.27. The number of ether oxygens (including phenoxy) is 1. The molecule has 1 aliphatic heterocycles. The van der Waals surface area contributed by atoms with Gasteiger partial charge in [0.15, 0.2) is 0 Å². The van der Waals surface area contributed by atoms with Crippen LogP contribution in [0.5, 0.6) is 0 Å². The predicted molar refractivity (Wildman–Crippen MR) is 39.0 cm³/mol. The molecule has 0 aromatic carbocycles. The van der Waals surface area contributed by atoms with Crippen molar-refractivity contribution in [2.45, 2.75) is 0 Å². The van der Waals surface area contributed by atoms with Gasteiger partial charge in [-0.25, -0.2) is 0 Å². The van der Waals surface area contributed by atoms with E-state index in [1.807, 2.05) is 4.90 Å². The van der Waals surface area contributed by atoms with E-state index in [1.165, 1.54) is 7.11 Å².